The van der Waals surface area contributed by atoms with Gasteiger partial charge in [0.05, 0.1) is 31.3 Å². The van der Waals surface area contributed by atoms with Gasteiger partial charge in [0.15, 0.2) is 0 Å². The minimum absolute atomic E-state index is 0.0715. The van der Waals surface area contributed by atoms with Crippen molar-refractivity contribution in [3.05, 3.63) is 65.2 Å². The number of carbonyl (C=O) groups excluding carboxylic acids is 1. The smallest absolute Gasteiger partial charge is 0.257 e. The summed E-state index contributed by atoms with van der Waals surface area (Å²) in [5, 5.41) is 1.57. The van der Waals surface area contributed by atoms with Gasteiger partial charge in [-0.2, -0.15) is 0 Å². The molecule has 1 aliphatic rings. The summed E-state index contributed by atoms with van der Waals surface area (Å²) in [5.41, 5.74) is 1.35. The predicted molar refractivity (Wildman–Crippen MR) is 100 cm³/mol. The molecule has 0 saturated carbocycles. The largest absolute Gasteiger partial charge is 0.496 e. The molecule has 1 saturated heterocycles. The van der Waals surface area contributed by atoms with Crippen molar-refractivity contribution in [2.24, 2.45) is 0 Å². The average Bonchev–Trinajstić information content (AvgIpc) is 2.63. The van der Waals surface area contributed by atoms with Crippen LogP contribution in [-0.4, -0.2) is 42.1 Å². The van der Waals surface area contributed by atoms with E-state index in [9.17, 15) is 4.79 Å². The number of ether oxygens (including phenoxy) is 2. The van der Waals surface area contributed by atoms with Gasteiger partial charge in [-0.15, -0.1) is 0 Å². The van der Waals surface area contributed by atoms with Crippen LogP contribution in [0.1, 0.15) is 10.4 Å². The first-order chi connectivity index (χ1) is 12.6. The molecule has 3 aromatic rings. The average molecular weight is 369 g/mol. The van der Waals surface area contributed by atoms with E-state index in [0.29, 0.717) is 35.3 Å². The molecule has 1 aromatic heterocycles. The number of benzene rings is 2. The van der Waals surface area contributed by atoms with Gasteiger partial charge in [-0.3, -0.25) is 4.79 Å². The van der Waals surface area contributed by atoms with Crippen molar-refractivity contribution in [3.63, 3.8) is 0 Å². The minimum Gasteiger partial charge on any atom is -0.496 e. The second-order valence-corrected chi connectivity index (χ2v) is 6.57. The number of fused-ring (bicyclic) bond motifs is 1. The molecule has 0 radical (unpaired) electrons. The van der Waals surface area contributed by atoms with Crippen LogP contribution in [0.5, 0.6) is 11.6 Å². The van der Waals surface area contributed by atoms with Gasteiger partial charge in [0.1, 0.15) is 11.9 Å². The summed E-state index contributed by atoms with van der Waals surface area (Å²) in [6.45, 7) is 1.01. The SMILES string of the molecule is COc1ccc(Cl)cc1C(=O)N1CC(Oc2ccc3ccccc3n2)C1. The van der Waals surface area contributed by atoms with Crippen LogP contribution >= 0.6 is 11.6 Å². The highest BCUT2D eigenvalue weighted by Crippen LogP contribution is 2.27. The molecule has 0 atom stereocenters. The molecule has 1 aliphatic heterocycles. The molecule has 1 fully saturated rings. The van der Waals surface area contributed by atoms with Crippen LogP contribution in [0.4, 0.5) is 0 Å². The Hall–Kier alpha value is -2.79. The summed E-state index contributed by atoms with van der Waals surface area (Å²) in [6.07, 6.45) is -0.0715. The zero-order valence-electron chi connectivity index (χ0n) is 14.2. The number of halogens is 1. The van der Waals surface area contributed by atoms with Crippen LogP contribution in [0.15, 0.2) is 54.6 Å². The van der Waals surface area contributed by atoms with Gasteiger partial charge >= 0.3 is 0 Å². The van der Waals surface area contributed by atoms with E-state index in [2.05, 4.69) is 4.98 Å². The first kappa shape index (κ1) is 16.7. The number of hydrogen-bond donors (Lipinski definition) is 0. The van der Waals surface area contributed by atoms with E-state index in [1.54, 1.807) is 23.1 Å². The summed E-state index contributed by atoms with van der Waals surface area (Å²) in [5.74, 6) is 0.969. The molecular weight excluding hydrogens is 352 g/mol. The van der Waals surface area contributed by atoms with Crippen molar-refractivity contribution >= 4 is 28.4 Å². The Morgan fingerprint density at radius 1 is 1.15 bits per heavy atom. The van der Waals surface area contributed by atoms with Crippen LogP contribution < -0.4 is 9.47 Å². The number of nitrogens with zero attached hydrogens (tertiary/aromatic N) is 2. The fourth-order valence-electron chi connectivity index (χ4n) is 2.98. The second kappa shape index (κ2) is 6.84. The van der Waals surface area contributed by atoms with Crippen LogP contribution in [0, 0.1) is 0 Å². The zero-order chi connectivity index (χ0) is 18.1. The number of likely N-dealkylation sites (tertiary alicyclic amines) is 1. The number of amides is 1. The van der Waals surface area contributed by atoms with Crippen molar-refractivity contribution in [3.8, 4) is 11.6 Å². The van der Waals surface area contributed by atoms with Gasteiger partial charge < -0.3 is 14.4 Å². The van der Waals surface area contributed by atoms with E-state index in [1.807, 2.05) is 36.4 Å². The second-order valence-electron chi connectivity index (χ2n) is 6.14. The lowest BCUT2D eigenvalue weighted by molar-refractivity contribution is 0.0159. The molecule has 1 amide bonds. The van der Waals surface area contributed by atoms with E-state index in [0.717, 1.165) is 10.9 Å². The van der Waals surface area contributed by atoms with Gasteiger partial charge in [-0.1, -0.05) is 29.8 Å². The number of pyridine rings is 1. The van der Waals surface area contributed by atoms with Gasteiger partial charge in [0.25, 0.3) is 5.91 Å². The van der Waals surface area contributed by atoms with Crippen molar-refractivity contribution in [2.45, 2.75) is 6.10 Å². The standard InChI is InChI=1S/C20H17ClN2O3/c1-25-18-8-7-14(21)10-16(18)20(24)23-11-15(12-23)26-19-9-6-13-4-2-3-5-17(13)22-19/h2-10,15H,11-12H2,1H3. The Balaban J connectivity index is 1.42. The number of para-hydroxylation sites is 1. The maximum atomic E-state index is 12.6. The van der Waals surface area contributed by atoms with E-state index in [1.165, 1.54) is 7.11 Å². The summed E-state index contributed by atoms with van der Waals surface area (Å²) >= 11 is 6.01. The number of aromatic nitrogens is 1. The summed E-state index contributed by atoms with van der Waals surface area (Å²) < 4.78 is 11.1. The van der Waals surface area contributed by atoms with E-state index in [-0.39, 0.29) is 12.0 Å². The van der Waals surface area contributed by atoms with Gasteiger partial charge in [0.2, 0.25) is 5.88 Å². The number of methoxy groups -OCH3 is 1. The van der Waals surface area contributed by atoms with Crippen molar-refractivity contribution < 1.29 is 14.3 Å². The van der Waals surface area contributed by atoms with Crippen LogP contribution in [0.3, 0.4) is 0 Å². The molecule has 4 rings (SSSR count). The molecule has 2 aromatic carbocycles. The number of hydrogen-bond acceptors (Lipinski definition) is 4. The highest BCUT2D eigenvalue weighted by atomic mass is 35.5. The molecule has 0 aliphatic carbocycles. The van der Waals surface area contributed by atoms with Gasteiger partial charge in [0, 0.05) is 16.5 Å². The molecule has 0 N–H and O–H groups in total. The van der Waals surface area contributed by atoms with E-state index < -0.39 is 0 Å². The van der Waals surface area contributed by atoms with E-state index in [4.69, 9.17) is 21.1 Å². The third kappa shape index (κ3) is 3.18. The molecule has 5 nitrogen and oxygen atoms in total. The zero-order valence-corrected chi connectivity index (χ0v) is 14.9. The fourth-order valence-corrected chi connectivity index (χ4v) is 3.15. The highest BCUT2D eigenvalue weighted by molar-refractivity contribution is 6.31. The molecule has 0 bridgehead atoms. The minimum atomic E-state index is -0.115. The lowest BCUT2D eigenvalue weighted by Gasteiger charge is -2.38. The molecule has 0 unspecified atom stereocenters. The monoisotopic (exact) mass is 368 g/mol. The Morgan fingerprint density at radius 3 is 2.77 bits per heavy atom. The van der Waals surface area contributed by atoms with Gasteiger partial charge in [-0.05, 0) is 30.3 Å². The molecule has 6 heteroatoms. The van der Waals surface area contributed by atoms with Crippen molar-refractivity contribution in [1.29, 1.82) is 0 Å². The lowest BCUT2D eigenvalue weighted by atomic mass is 10.1. The molecule has 132 valence electrons. The first-order valence-electron chi connectivity index (χ1n) is 8.29. The first-order valence-corrected chi connectivity index (χ1v) is 8.67. The maximum Gasteiger partial charge on any atom is 0.257 e. The lowest BCUT2D eigenvalue weighted by Crippen LogP contribution is -2.56. The third-order valence-electron chi connectivity index (χ3n) is 4.39. The quantitative estimate of drug-likeness (QED) is 0.703. The van der Waals surface area contributed by atoms with Crippen LogP contribution in [0.2, 0.25) is 5.02 Å². The number of carbonyl (C=O) groups is 1. The Morgan fingerprint density at radius 2 is 1.96 bits per heavy atom. The topological polar surface area (TPSA) is 51.7 Å². The summed E-state index contributed by atoms with van der Waals surface area (Å²) in [7, 11) is 1.54. The predicted octanol–water partition coefficient (Wildman–Crippen LogP) is 3.80. The Kier molecular flexibility index (Phi) is 4.39. The summed E-state index contributed by atoms with van der Waals surface area (Å²) in [4.78, 5) is 18.9. The van der Waals surface area contributed by atoms with Crippen molar-refractivity contribution in [2.75, 3.05) is 20.2 Å². The molecule has 26 heavy (non-hydrogen) atoms. The van der Waals surface area contributed by atoms with Crippen molar-refractivity contribution in [1.82, 2.24) is 9.88 Å². The molecule has 2 heterocycles. The Labute approximate surface area is 156 Å². The van der Waals surface area contributed by atoms with Crippen LogP contribution in [-0.2, 0) is 0 Å². The van der Waals surface area contributed by atoms with Crippen LogP contribution in [0.25, 0.3) is 10.9 Å². The number of rotatable bonds is 4. The normalized spacial score (nSPS) is 14.2. The van der Waals surface area contributed by atoms with E-state index >= 15 is 0 Å². The summed E-state index contributed by atoms with van der Waals surface area (Å²) in [6, 6.07) is 16.7. The fraction of sp³-hybridized carbons (Fsp3) is 0.200. The molecule has 0 spiro atoms. The van der Waals surface area contributed by atoms with Gasteiger partial charge in [-0.25, -0.2) is 4.98 Å². The maximum absolute atomic E-state index is 12.6. The Bertz CT molecular complexity index is 970. The molecular formula is C20H17ClN2O3. The highest BCUT2D eigenvalue weighted by Gasteiger charge is 2.34. The third-order valence-corrected chi connectivity index (χ3v) is 4.62.